The van der Waals surface area contributed by atoms with Crippen LogP contribution in [0.25, 0.3) is 10.9 Å². The van der Waals surface area contributed by atoms with Gasteiger partial charge in [-0.05, 0) is 48.9 Å². The van der Waals surface area contributed by atoms with Crippen molar-refractivity contribution in [1.29, 1.82) is 0 Å². The molecule has 3 aromatic rings. The van der Waals surface area contributed by atoms with Crippen LogP contribution in [0.15, 0.2) is 60.7 Å². The van der Waals surface area contributed by atoms with E-state index in [0.29, 0.717) is 24.5 Å². The number of amides is 1. The predicted octanol–water partition coefficient (Wildman–Crippen LogP) is 4.40. The Morgan fingerprint density at radius 3 is 2.52 bits per heavy atom. The molecule has 2 aromatic carbocycles. The van der Waals surface area contributed by atoms with Crippen LogP contribution in [0.5, 0.6) is 5.75 Å². The van der Waals surface area contributed by atoms with Gasteiger partial charge < -0.3 is 14.5 Å². The average molecular weight is 410 g/mol. The Hall–Kier alpha value is -2.79. The molecule has 0 unspecified atom stereocenters. The monoisotopic (exact) mass is 409 g/mol. The number of piperazine rings is 1. The maximum absolute atomic E-state index is 12.5. The summed E-state index contributed by atoms with van der Waals surface area (Å²) in [5.74, 6) is 1.95. The number of nitrogens with zero attached hydrogens (tertiary/aromatic N) is 3. The molecule has 0 bridgehead atoms. The quantitative estimate of drug-likeness (QED) is 0.566. The van der Waals surface area contributed by atoms with E-state index in [0.717, 1.165) is 48.6 Å². The highest BCUT2D eigenvalue weighted by Crippen LogP contribution is 2.20. The molecule has 0 saturated carbocycles. The van der Waals surface area contributed by atoms with Crippen LogP contribution in [0.2, 0.25) is 5.02 Å². The highest BCUT2D eigenvalue weighted by Gasteiger charge is 2.21. The SMILES string of the molecule is O=C(CCCOc1ccc(Cl)cc1)N1CCN(c2ccc3ccccc3n2)CC1. The van der Waals surface area contributed by atoms with E-state index in [4.69, 9.17) is 21.3 Å². The van der Waals surface area contributed by atoms with Crippen LogP contribution in [-0.2, 0) is 4.79 Å². The number of aromatic nitrogens is 1. The van der Waals surface area contributed by atoms with Gasteiger partial charge in [0.2, 0.25) is 5.91 Å². The summed E-state index contributed by atoms with van der Waals surface area (Å²) in [6.07, 6.45) is 1.20. The molecular weight excluding hydrogens is 386 g/mol. The maximum atomic E-state index is 12.5. The van der Waals surface area contributed by atoms with E-state index in [1.165, 1.54) is 0 Å². The Morgan fingerprint density at radius 1 is 0.966 bits per heavy atom. The molecule has 4 rings (SSSR count). The Kier molecular flexibility index (Phi) is 6.15. The van der Waals surface area contributed by atoms with Crippen LogP contribution >= 0.6 is 11.6 Å². The van der Waals surface area contributed by atoms with Crippen molar-refractivity contribution in [3.05, 3.63) is 65.7 Å². The number of benzene rings is 2. The number of hydrogen-bond acceptors (Lipinski definition) is 4. The fourth-order valence-corrected chi connectivity index (χ4v) is 3.64. The molecule has 0 atom stereocenters. The number of para-hydroxylation sites is 1. The van der Waals surface area contributed by atoms with Crippen LogP contribution in [-0.4, -0.2) is 48.6 Å². The molecule has 1 aliphatic heterocycles. The first kappa shape index (κ1) is 19.5. The van der Waals surface area contributed by atoms with Gasteiger partial charge >= 0.3 is 0 Å². The van der Waals surface area contributed by atoms with Crippen LogP contribution < -0.4 is 9.64 Å². The van der Waals surface area contributed by atoms with Gasteiger partial charge in [-0.2, -0.15) is 0 Å². The van der Waals surface area contributed by atoms with Crippen LogP contribution in [0, 0.1) is 0 Å². The van der Waals surface area contributed by atoms with E-state index < -0.39 is 0 Å². The molecule has 1 amide bonds. The number of ether oxygens (including phenoxy) is 1. The molecule has 0 N–H and O–H groups in total. The number of rotatable bonds is 6. The normalized spacial score (nSPS) is 14.2. The van der Waals surface area contributed by atoms with E-state index in [-0.39, 0.29) is 5.91 Å². The molecule has 2 heterocycles. The first-order valence-corrected chi connectivity index (χ1v) is 10.3. The van der Waals surface area contributed by atoms with E-state index in [1.807, 2.05) is 35.2 Å². The van der Waals surface area contributed by atoms with Gasteiger partial charge in [-0.15, -0.1) is 0 Å². The topological polar surface area (TPSA) is 45.7 Å². The zero-order valence-electron chi connectivity index (χ0n) is 16.3. The van der Waals surface area contributed by atoms with Crippen molar-refractivity contribution in [2.45, 2.75) is 12.8 Å². The summed E-state index contributed by atoms with van der Waals surface area (Å²) in [4.78, 5) is 21.4. The first-order valence-electron chi connectivity index (χ1n) is 9.96. The number of carbonyl (C=O) groups is 1. The van der Waals surface area contributed by atoms with E-state index in [1.54, 1.807) is 12.1 Å². The Bertz CT molecular complexity index is 969. The van der Waals surface area contributed by atoms with Crippen LogP contribution in [0.1, 0.15) is 12.8 Å². The minimum Gasteiger partial charge on any atom is -0.494 e. The molecule has 150 valence electrons. The van der Waals surface area contributed by atoms with Gasteiger partial charge in [-0.25, -0.2) is 4.98 Å². The van der Waals surface area contributed by atoms with Crippen molar-refractivity contribution < 1.29 is 9.53 Å². The minimum atomic E-state index is 0.191. The lowest BCUT2D eigenvalue weighted by Crippen LogP contribution is -2.49. The number of carbonyl (C=O) groups excluding carboxylic acids is 1. The maximum Gasteiger partial charge on any atom is 0.222 e. The van der Waals surface area contributed by atoms with Crippen molar-refractivity contribution in [2.75, 3.05) is 37.7 Å². The molecule has 5 nitrogen and oxygen atoms in total. The number of fused-ring (bicyclic) bond motifs is 1. The lowest BCUT2D eigenvalue weighted by atomic mass is 10.2. The minimum absolute atomic E-state index is 0.191. The van der Waals surface area contributed by atoms with Crippen molar-refractivity contribution in [1.82, 2.24) is 9.88 Å². The third-order valence-corrected chi connectivity index (χ3v) is 5.41. The fraction of sp³-hybridized carbons (Fsp3) is 0.304. The van der Waals surface area contributed by atoms with Gasteiger partial charge in [-0.3, -0.25) is 4.79 Å². The summed E-state index contributed by atoms with van der Waals surface area (Å²) < 4.78 is 5.66. The zero-order chi connectivity index (χ0) is 20.1. The second-order valence-corrected chi connectivity index (χ2v) is 7.57. The molecule has 29 heavy (non-hydrogen) atoms. The van der Waals surface area contributed by atoms with Crippen LogP contribution in [0.4, 0.5) is 5.82 Å². The summed E-state index contributed by atoms with van der Waals surface area (Å²) >= 11 is 5.86. The second kappa shape index (κ2) is 9.14. The molecule has 1 aromatic heterocycles. The van der Waals surface area contributed by atoms with Crippen molar-refractivity contribution in [3.8, 4) is 5.75 Å². The summed E-state index contributed by atoms with van der Waals surface area (Å²) in [5.41, 5.74) is 1.00. The van der Waals surface area contributed by atoms with E-state index in [2.05, 4.69) is 23.1 Å². The van der Waals surface area contributed by atoms with Gasteiger partial charge in [0.1, 0.15) is 11.6 Å². The average Bonchev–Trinajstić information content (AvgIpc) is 2.77. The third-order valence-electron chi connectivity index (χ3n) is 5.16. The zero-order valence-corrected chi connectivity index (χ0v) is 17.0. The fourth-order valence-electron chi connectivity index (χ4n) is 3.52. The van der Waals surface area contributed by atoms with Crippen molar-refractivity contribution >= 4 is 34.2 Å². The molecular formula is C23H24ClN3O2. The predicted molar refractivity (Wildman–Crippen MR) is 117 cm³/mol. The Balaban J connectivity index is 1.22. The molecule has 1 saturated heterocycles. The lowest BCUT2D eigenvalue weighted by Gasteiger charge is -2.35. The molecule has 6 heteroatoms. The standard InChI is InChI=1S/C23H24ClN3O2/c24-19-8-10-20(11-9-19)29-17-3-6-23(28)27-15-13-26(14-16-27)22-12-7-18-4-1-2-5-21(18)25-22/h1-2,4-5,7-12H,3,6,13-17H2. The number of halogens is 1. The van der Waals surface area contributed by atoms with Gasteiger partial charge in [0, 0.05) is 43.0 Å². The molecule has 0 spiro atoms. The number of hydrogen-bond donors (Lipinski definition) is 0. The van der Waals surface area contributed by atoms with Gasteiger partial charge in [0.25, 0.3) is 0 Å². The van der Waals surface area contributed by atoms with Gasteiger partial charge in [0.15, 0.2) is 0 Å². The molecule has 1 aliphatic rings. The van der Waals surface area contributed by atoms with E-state index in [9.17, 15) is 4.79 Å². The third kappa shape index (κ3) is 4.98. The van der Waals surface area contributed by atoms with Crippen LogP contribution in [0.3, 0.4) is 0 Å². The van der Waals surface area contributed by atoms with Crippen molar-refractivity contribution in [3.63, 3.8) is 0 Å². The summed E-state index contributed by atoms with van der Waals surface area (Å²) in [7, 11) is 0. The largest absolute Gasteiger partial charge is 0.494 e. The molecule has 0 radical (unpaired) electrons. The Labute approximate surface area is 175 Å². The Morgan fingerprint density at radius 2 is 1.72 bits per heavy atom. The number of anilines is 1. The molecule has 0 aliphatic carbocycles. The van der Waals surface area contributed by atoms with Gasteiger partial charge in [0.05, 0.1) is 12.1 Å². The highest BCUT2D eigenvalue weighted by molar-refractivity contribution is 6.30. The lowest BCUT2D eigenvalue weighted by molar-refractivity contribution is -0.131. The summed E-state index contributed by atoms with van der Waals surface area (Å²) in [6.45, 7) is 3.59. The number of pyridine rings is 1. The smallest absolute Gasteiger partial charge is 0.222 e. The van der Waals surface area contributed by atoms with E-state index >= 15 is 0 Å². The first-order chi connectivity index (χ1) is 14.2. The van der Waals surface area contributed by atoms with Gasteiger partial charge in [-0.1, -0.05) is 29.8 Å². The summed E-state index contributed by atoms with van der Waals surface area (Å²) in [5, 5.41) is 1.83. The summed E-state index contributed by atoms with van der Waals surface area (Å²) in [6, 6.07) is 19.6. The van der Waals surface area contributed by atoms with Crippen molar-refractivity contribution in [2.24, 2.45) is 0 Å². The highest BCUT2D eigenvalue weighted by atomic mass is 35.5. The second-order valence-electron chi connectivity index (χ2n) is 7.14. The molecule has 1 fully saturated rings.